The number of carbonyl (C=O) groups is 2. The van der Waals surface area contributed by atoms with Gasteiger partial charge in [0.15, 0.2) is 0 Å². The van der Waals surface area contributed by atoms with E-state index in [1.54, 1.807) is 18.2 Å². The number of amides is 2. The lowest BCUT2D eigenvalue weighted by Crippen LogP contribution is -2.31. The van der Waals surface area contributed by atoms with Crippen molar-refractivity contribution in [1.82, 2.24) is 9.88 Å². The lowest BCUT2D eigenvalue weighted by atomic mass is 10.2. The lowest BCUT2D eigenvalue weighted by Gasteiger charge is -2.20. The van der Waals surface area contributed by atoms with Gasteiger partial charge in [0.25, 0.3) is 0 Å². The summed E-state index contributed by atoms with van der Waals surface area (Å²) in [5, 5.41) is 2.84. The maximum absolute atomic E-state index is 12.3. The van der Waals surface area contributed by atoms with E-state index in [1.807, 2.05) is 43.3 Å². The van der Waals surface area contributed by atoms with E-state index in [-0.39, 0.29) is 18.2 Å². The molecule has 132 valence electrons. The molecule has 0 bridgehead atoms. The molecule has 0 aliphatic carbocycles. The van der Waals surface area contributed by atoms with E-state index in [9.17, 15) is 9.59 Å². The summed E-state index contributed by atoms with van der Waals surface area (Å²) in [7, 11) is 1.56. The molecule has 1 heterocycles. The van der Waals surface area contributed by atoms with Crippen LogP contribution in [0.3, 0.4) is 0 Å². The number of aromatic nitrogens is 1. The first-order valence-corrected chi connectivity index (χ1v) is 8.09. The zero-order valence-electron chi connectivity index (χ0n) is 14.8. The van der Waals surface area contributed by atoms with E-state index < -0.39 is 0 Å². The van der Waals surface area contributed by atoms with Gasteiger partial charge in [0, 0.05) is 26.1 Å². The molecule has 2 amide bonds. The molecule has 0 radical (unpaired) electrons. The molecular formula is C19H23N3O3. The Balaban J connectivity index is 1.95. The van der Waals surface area contributed by atoms with Crippen molar-refractivity contribution in [2.75, 3.05) is 19.0 Å². The van der Waals surface area contributed by atoms with Gasteiger partial charge in [-0.05, 0) is 36.8 Å². The maximum Gasteiger partial charge on any atom is 0.226 e. The van der Waals surface area contributed by atoms with Crippen molar-refractivity contribution in [2.24, 2.45) is 0 Å². The fraction of sp³-hybridized carbons (Fsp3) is 0.316. The highest BCUT2D eigenvalue weighted by atomic mass is 16.5. The Bertz CT molecular complexity index is 732. The van der Waals surface area contributed by atoms with E-state index >= 15 is 0 Å². The van der Waals surface area contributed by atoms with Crippen molar-refractivity contribution in [3.63, 3.8) is 0 Å². The topological polar surface area (TPSA) is 71.5 Å². The van der Waals surface area contributed by atoms with Gasteiger partial charge in [0.1, 0.15) is 5.75 Å². The quantitative estimate of drug-likeness (QED) is 0.840. The lowest BCUT2D eigenvalue weighted by molar-refractivity contribution is -0.130. The number of benzene rings is 1. The van der Waals surface area contributed by atoms with Gasteiger partial charge in [-0.3, -0.25) is 14.6 Å². The van der Waals surface area contributed by atoms with Gasteiger partial charge in [-0.2, -0.15) is 0 Å². The summed E-state index contributed by atoms with van der Waals surface area (Å²) in [5.74, 6) is 0.346. The van der Waals surface area contributed by atoms with Crippen molar-refractivity contribution in [2.45, 2.75) is 26.8 Å². The normalized spacial score (nSPS) is 10.2. The van der Waals surface area contributed by atoms with Crippen LogP contribution >= 0.6 is 0 Å². The van der Waals surface area contributed by atoms with Crippen LogP contribution in [0.5, 0.6) is 5.75 Å². The molecule has 0 atom stereocenters. The number of aryl methyl sites for hydroxylation is 1. The number of anilines is 1. The summed E-state index contributed by atoms with van der Waals surface area (Å²) >= 11 is 0. The molecule has 1 aromatic heterocycles. The number of pyridine rings is 1. The first kappa shape index (κ1) is 18.4. The molecule has 6 nitrogen and oxygen atoms in total. The van der Waals surface area contributed by atoms with Gasteiger partial charge in [-0.15, -0.1) is 0 Å². The van der Waals surface area contributed by atoms with Crippen LogP contribution in [0.1, 0.15) is 24.6 Å². The molecule has 0 saturated carbocycles. The Morgan fingerprint density at radius 3 is 2.68 bits per heavy atom. The number of hydrogen-bond donors (Lipinski definition) is 1. The number of ether oxygens (including phenoxy) is 1. The summed E-state index contributed by atoms with van der Waals surface area (Å²) in [6.45, 7) is 4.15. The molecule has 0 fully saturated rings. The van der Waals surface area contributed by atoms with Crippen molar-refractivity contribution in [3.8, 4) is 5.75 Å². The van der Waals surface area contributed by atoms with Crippen molar-refractivity contribution in [3.05, 3.63) is 53.9 Å². The number of rotatable bonds is 7. The Labute approximate surface area is 147 Å². The predicted molar refractivity (Wildman–Crippen MR) is 96.3 cm³/mol. The van der Waals surface area contributed by atoms with Crippen LogP contribution < -0.4 is 10.1 Å². The minimum Gasteiger partial charge on any atom is -0.495 e. The zero-order valence-corrected chi connectivity index (χ0v) is 14.8. The summed E-state index contributed by atoms with van der Waals surface area (Å²) < 4.78 is 5.26. The third kappa shape index (κ3) is 5.60. The number of carbonyl (C=O) groups excluding carboxylic acids is 2. The van der Waals surface area contributed by atoms with Crippen molar-refractivity contribution in [1.29, 1.82) is 0 Å². The fourth-order valence-corrected chi connectivity index (χ4v) is 2.40. The zero-order chi connectivity index (χ0) is 18.2. The van der Waals surface area contributed by atoms with Crippen molar-refractivity contribution < 1.29 is 14.3 Å². The van der Waals surface area contributed by atoms with Crippen LogP contribution in [-0.2, 0) is 16.1 Å². The van der Waals surface area contributed by atoms with E-state index in [0.29, 0.717) is 24.5 Å². The molecule has 1 aromatic carbocycles. The fourth-order valence-electron chi connectivity index (χ4n) is 2.40. The molecule has 0 unspecified atom stereocenters. The van der Waals surface area contributed by atoms with Gasteiger partial charge < -0.3 is 15.0 Å². The molecule has 0 aliphatic heterocycles. The summed E-state index contributed by atoms with van der Waals surface area (Å²) in [4.78, 5) is 29.9. The van der Waals surface area contributed by atoms with E-state index in [2.05, 4.69) is 10.3 Å². The summed E-state index contributed by atoms with van der Waals surface area (Å²) in [5.41, 5.74) is 2.45. The molecule has 0 spiro atoms. The van der Waals surface area contributed by atoms with Gasteiger partial charge in [-0.1, -0.05) is 12.1 Å². The third-order valence-corrected chi connectivity index (χ3v) is 3.76. The highest BCUT2D eigenvalue weighted by Crippen LogP contribution is 2.25. The minimum absolute atomic E-state index is 0.0911. The van der Waals surface area contributed by atoms with Gasteiger partial charge in [0.05, 0.1) is 25.0 Å². The largest absolute Gasteiger partial charge is 0.495 e. The number of methoxy groups -OCH3 is 1. The van der Waals surface area contributed by atoms with Crippen LogP contribution in [0.4, 0.5) is 5.69 Å². The first-order valence-electron chi connectivity index (χ1n) is 8.09. The predicted octanol–water partition coefficient (Wildman–Crippen LogP) is 2.78. The van der Waals surface area contributed by atoms with Gasteiger partial charge in [-0.25, -0.2) is 0 Å². The molecular weight excluding hydrogens is 318 g/mol. The monoisotopic (exact) mass is 341 g/mol. The Morgan fingerprint density at radius 1 is 1.24 bits per heavy atom. The van der Waals surface area contributed by atoms with E-state index in [4.69, 9.17) is 4.74 Å². The molecule has 0 saturated heterocycles. The minimum atomic E-state index is -0.170. The van der Waals surface area contributed by atoms with Crippen LogP contribution in [0.2, 0.25) is 0 Å². The molecule has 2 rings (SSSR count). The first-order chi connectivity index (χ1) is 12.0. The van der Waals surface area contributed by atoms with Crippen LogP contribution in [0, 0.1) is 6.92 Å². The number of nitrogens with one attached hydrogen (secondary N) is 1. The second-order valence-electron chi connectivity index (χ2n) is 5.76. The summed E-state index contributed by atoms with van der Waals surface area (Å²) in [6, 6.07) is 11.1. The standard InChI is InChI=1S/C19H23N3O3/c1-14-7-8-18(25-3)17(12-14)21-19(24)9-11-22(15(2)23)13-16-6-4-5-10-20-16/h4-8,10,12H,9,11,13H2,1-3H3,(H,21,24). The average molecular weight is 341 g/mol. The Kier molecular flexibility index (Phi) is 6.51. The molecule has 6 heteroatoms. The smallest absolute Gasteiger partial charge is 0.226 e. The second kappa shape index (κ2) is 8.82. The maximum atomic E-state index is 12.3. The highest BCUT2D eigenvalue weighted by molar-refractivity contribution is 5.92. The van der Waals surface area contributed by atoms with Crippen LogP contribution in [-0.4, -0.2) is 35.4 Å². The molecule has 1 N–H and O–H groups in total. The van der Waals surface area contributed by atoms with Gasteiger partial charge in [0.2, 0.25) is 11.8 Å². The van der Waals surface area contributed by atoms with Crippen LogP contribution in [0.25, 0.3) is 0 Å². The average Bonchev–Trinajstić information content (AvgIpc) is 2.59. The molecule has 25 heavy (non-hydrogen) atoms. The van der Waals surface area contributed by atoms with Crippen LogP contribution in [0.15, 0.2) is 42.6 Å². The number of hydrogen-bond acceptors (Lipinski definition) is 4. The van der Waals surface area contributed by atoms with Gasteiger partial charge >= 0.3 is 0 Å². The Hall–Kier alpha value is -2.89. The van der Waals surface area contributed by atoms with E-state index in [0.717, 1.165) is 11.3 Å². The van der Waals surface area contributed by atoms with Crippen molar-refractivity contribution >= 4 is 17.5 Å². The molecule has 2 aromatic rings. The highest BCUT2D eigenvalue weighted by Gasteiger charge is 2.14. The van der Waals surface area contributed by atoms with E-state index in [1.165, 1.54) is 6.92 Å². The summed E-state index contributed by atoms with van der Waals surface area (Å²) in [6.07, 6.45) is 1.88. The molecule has 0 aliphatic rings. The SMILES string of the molecule is COc1ccc(C)cc1NC(=O)CCN(Cc1ccccn1)C(C)=O. The second-order valence-corrected chi connectivity index (χ2v) is 5.76. The Morgan fingerprint density at radius 2 is 2.04 bits per heavy atom. The number of nitrogens with zero attached hydrogens (tertiary/aromatic N) is 2. The third-order valence-electron chi connectivity index (χ3n) is 3.76.